The van der Waals surface area contributed by atoms with Gasteiger partial charge in [0.05, 0.1) is 19.5 Å². The summed E-state index contributed by atoms with van der Waals surface area (Å²) in [7, 11) is 1.44. The Labute approximate surface area is 185 Å². The quantitative estimate of drug-likeness (QED) is 0.390. The molecule has 1 aromatic carbocycles. The molecular formula is C23H26N4O5. The van der Waals surface area contributed by atoms with Crippen molar-refractivity contribution in [1.29, 1.82) is 0 Å². The maximum Gasteiger partial charge on any atom is 0.263 e. The molecule has 9 nitrogen and oxygen atoms in total. The zero-order valence-electron chi connectivity index (χ0n) is 17.8. The number of aryl methyl sites for hydroxylation is 1. The number of aliphatic hydroxyl groups excluding tert-OH is 1. The van der Waals surface area contributed by atoms with E-state index in [0.29, 0.717) is 24.2 Å². The van der Waals surface area contributed by atoms with E-state index in [1.54, 1.807) is 30.7 Å². The summed E-state index contributed by atoms with van der Waals surface area (Å²) in [5, 5.41) is 11.4. The van der Waals surface area contributed by atoms with Gasteiger partial charge in [0.15, 0.2) is 5.78 Å². The van der Waals surface area contributed by atoms with Crippen molar-refractivity contribution in [2.24, 2.45) is 0 Å². The van der Waals surface area contributed by atoms with Crippen LogP contribution in [0.25, 0.3) is 0 Å². The van der Waals surface area contributed by atoms with Gasteiger partial charge in [-0.15, -0.1) is 0 Å². The average Bonchev–Trinajstić information content (AvgIpc) is 3.32. The van der Waals surface area contributed by atoms with Gasteiger partial charge >= 0.3 is 0 Å². The zero-order valence-corrected chi connectivity index (χ0v) is 17.8. The lowest BCUT2D eigenvalue weighted by Gasteiger charge is -2.12. The number of nitrogens with one attached hydrogen (secondary N) is 2. The molecule has 0 radical (unpaired) electrons. The maximum absolute atomic E-state index is 12.9. The van der Waals surface area contributed by atoms with Gasteiger partial charge in [0.2, 0.25) is 0 Å². The molecule has 0 spiro atoms. The summed E-state index contributed by atoms with van der Waals surface area (Å²) in [5.74, 6) is -0.138. The molecule has 168 valence electrons. The normalized spacial score (nSPS) is 10.7. The van der Waals surface area contributed by atoms with Crippen LogP contribution in [0.2, 0.25) is 0 Å². The number of rotatable bonds is 11. The molecule has 0 atom stereocenters. The Morgan fingerprint density at radius 2 is 2.12 bits per heavy atom. The van der Waals surface area contributed by atoms with Gasteiger partial charge in [-0.25, -0.2) is 4.98 Å². The van der Waals surface area contributed by atoms with Gasteiger partial charge in [0, 0.05) is 37.1 Å². The summed E-state index contributed by atoms with van der Waals surface area (Å²) in [6.07, 6.45) is 6.36. The lowest BCUT2D eigenvalue weighted by atomic mass is 10.0. The molecular weight excluding hydrogens is 412 g/mol. The molecule has 3 aromatic rings. The van der Waals surface area contributed by atoms with E-state index >= 15 is 0 Å². The minimum Gasteiger partial charge on any atom is -0.491 e. The number of amides is 1. The molecule has 3 rings (SSSR count). The van der Waals surface area contributed by atoms with Gasteiger partial charge in [-0.3, -0.25) is 14.4 Å². The third kappa shape index (κ3) is 5.92. The highest BCUT2D eigenvalue weighted by Crippen LogP contribution is 2.15. The minimum absolute atomic E-state index is 0.0837. The van der Waals surface area contributed by atoms with E-state index in [9.17, 15) is 14.4 Å². The van der Waals surface area contributed by atoms with Crippen molar-refractivity contribution >= 4 is 11.7 Å². The zero-order chi connectivity index (χ0) is 22.9. The molecule has 0 fully saturated rings. The second kappa shape index (κ2) is 11.1. The number of aromatic amines is 1. The van der Waals surface area contributed by atoms with Crippen LogP contribution in [0.15, 0.2) is 53.8 Å². The SMILES string of the molecule is CNC(=O)c1cc(C(=O)CCCc2cnc[nH]2)cn(Cc2cccc(OCCO)c2)c1=O. The predicted molar refractivity (Wildman–Crippen MR) is 118 cm³/mol. The fourth-order valence-electron chi connectivity index (χ4n) is 3.30. The van der Waals surface area contributed by atoms with E-state index in [1.165, 1.54) is 23.9 Å². The Bertz CT molecular complexity index is 1120. The Balaban J connectivity index is 1.84. The number of H-pyrrole nitrogens is 1. The molecule has 0 unspecified atom stereocenters. The highest BCUT2D eigenvalue weighted by molar-refractivity contribution is 6.00. The first-order valence-electron chi connectivity index (χ1n) is 10.3. The summed E-state index contributed by atoms with van der Waals surface area (Å²) in [5.41, 5.74) is 1.44. The summed E-state index contributed by atoms with van der Waals surface area (Å²) in [6.45, 7) is 0.213. The van der Waals surface area contributed by atoms with E-state index in [4.69, 9.17) is 9.84 Å². The van der Waals surface area contributed by atoms with Crippen molar-refractivity contribution in [3.05, 3.63) is 81.8 Å². The summed E-state index contributed by atoms with van der Waals surface area (Å²) in [6, 6.07) is 8.45. The first-order chi connectivity index (χ1) is 15.5. The Kier molecular flexibility index (Phi) is 7.93. The van der Waals surface area contributed by atoms with Crippen molar-refractivity contribution in [2.75, 3.05) is 20.3 Å². The van der Waals surface area contributed by atoms with Gasteiger partial charge in [-0.05, 0) is 36.6 Å². The maximum atomic E-state index is 12.9. The van der Waals surface area contributed by atoms with Gasteiger partial charge in [-0.1, -0.05) is 12.1 Å². The van der Waals surface area contributed by atoms with E-state index in [0.717, 1.165) is 11.3 Å². The number of ketones is 1. The molecule has 32 heavy (non-hydrogen) atoms. The number of Topliss-reactive ketones (excluding diaryl/α,β-unsaturated/α-hetero) is 1. The fourth-order valence-corrected chi connectivity index (χ4v) is 3.30. The van der Waals surface area contributed by atoms with Crippen LogP contribution in [-0.2, 0) is 13.0 Å². The third-order valence-electron chi connectivity index (χ3n) is 4.90. The molecule has 2 heterocycles. The van der Waals surface area contributed by atoms with Crippen molar-refractivity contribution in [2.45, 2.75) is 25.8 Å². The molecule has 0 saturated heterocycles. The second-order valence-corrected chi connectivity index (χ2v) is 7.23. The monoisotopic (exact) mass is 438 g/mol. The van der Waals surface area contributed by atoms with Crippen LogP contribution < -0.4 is 15.6 Å². The third-order valence-corrected chi connectivity index (χ3v) is 4.90. The van der Waals surface area contributed by atoms with Crippen LogP contribution in [0.3, 0.4) is 0 Å². The number of nitrogens with zero attached hydrogens (tertiary/aromatic N) is 2. The van der Waals surface area contributed by atoms with Crippen LogP contribution >= 0.6 is 0 Å². The molecule has 9 heteroatoms. The first kappa shape index (κ1) is 23.0. The molecule has 3 N–H and O–H groups in total. The van der Waals surface area contributed by atoms with Crippen LogP contribution in [-0.4, -0.2) is 51.6 Å². The Morgan fingerprint density at radius 3 is 2.84 bits per heavy atom. The highest BCUT2D eigenvalue weighted by atomic mass is 16.5. The van der Waals surface area contributed by atoms with Gasteiger partial charge < -0.3 is 24.7 Å². The summed E-state index contributed by atoms with van der Waals surface area (Å²) < 4.78 is 6.78. The lowest BCUT2D eigenvalue weighted by molar-refractivity contribution is 0.0961. The Hall–Kier alpha value is -3.72. The van der Waals surface area contributed by atoms with Crippen LogP contribution in [0, 0.1) is 0 Å². The van der Waals surface area contributed by atoms with Gasteiger partial charge in [0.1, 0.15) is 17.9 Å². The number of benzene rings is 1. The second-order valence-electron chi connectivity index (χ2n) is 7.23. The molecule has 0 saturated carbocycles. The number of imidazole rings is 1. The van der Waals surface area contributed by atoms with Gasteiger partial charge in [-0.2, -0.15) is 0 Å². The van der Waals surface area contributed by atoms with Crippen molar-refractivity contribution in [1.82, 2.24) is 19.9 Å². The fraction of sp³-hybridized carbons (Fsp3) is 0.304. The number of hydrogen-bond acceptors (Lipinski definition) is 6. The molecule has 2 aromatic heterocycles. The van der Waals surface area contributed by atoms with Gasteiger partial charge in [0.25, 0.3) is 11.5 Å². The number of carbonyl (C=O) groups is 2. The molecule has 0 aliphatic rings. The average molecular weight is 438 g/mol. The molecule has 0 aliphatic carbocycles. The van der Waals surface area contributed by atoms with Crippen molar-refractivity contribution < 1.29 is 19.4 Å². The van der Waals surface area contributed by atoms with Crippen molar-refractivity contribution in [3.8, 4) is 5.75 Å². The molecule has 0 aliphatic heterocycles. The van der Waals surface area contributed by atoms with Crippen LogP contribution in [0.1, 0.15) is 44.8 Å². The number of hydrogen-bond donors (Lipinski definition) is 3. The standard InChI is InChI=1S/C23H26N4O5/c1-24-22(30)20-11-17(21(29)7-3-5-18-12-25-15-26-18)14-27(23(20)31)13-16-4-2-6-19(10-16)32-9-8-28/h2,4,6,10-12,14-15,28H,3,5,7-9,13H2,1H3,(H,24,30)(H,25,26). The highest BCUT2D eigenvalue weighted by Gasteiger charge is 2.17. The van der Waals surface area contributed by atoms with E-state index in [2.05, 4.69) is 15.3 Å². The first-order valence-corrected chi connectivity index (χ1v) is 10.3. The van der Waals surface area contributed by atoms with E-state index < -0.39 is 11.5 Å². The number of pyridine rings is 1. The van der Waals surface area contributed by atoms with Crippen LogP contribution in [0.5, 0.6) is 5.75 Å². The number of aromatic nitrogens is 3. The minimum atomic E-state index is -0.545. The lowest BCUT2D eigenvalue weighted by Crippen LogP contribution is -2.32. The van der Waals surface area contributed by atoms with E-state index in [1.807, 2.05) is 6.07 Å². The number of ether oxygens (including phenoxy) is 1. The summed E-state index contributed by atoms with van der Waals surface area (Å²) in [4.78, 5) is 44.9. The molecule has 1 amide bonds. The Morgan fingerprint density at radius 1 is 1.28 bits per heavy atom. The smallest absolute Gasteiger partial charge is 0.263 e. The summed E-state index contributed by atoms with van der Waals surface area (Å²) >= 11 is 0. The largest absolute Gasteiger partial charge is 0.491 e. The number of carbonyl (C=O) groups excluding carboxylic acids is 2. The van der Waals surface area contributed by atoms with Crippen LogP contribution in [0.4, 0.5) is 0 Å². The van der Waals surface area contributed by atoms with Crippen molar-refractivity contribution in [3.63, 3.8) is 0 Å². The van der Waals surface area contributed by atoms with E-state index in [-0.39, 0.29) is 37.5 Å². The topological polar surface area (TPSA) is 126 Å². The molecule has 0 bridgehead atoms. The predicted octanol–water partition coefficient (Wildman–Crippen LogP) is 1.56. The number of aliphatic hydroxyl groups is 1.